The van der Waals surface area contributed by atoms with Crippen LogP contribution in [-0.4, -0.2) is 31.9 Å². The number of aromatic nitrogens is 3. The third kappa shape index (κ3) is 2.74. The Hall–Kier alpha value is -1.62. The fraction of sp³-hybridized carbons (Fsp3) is 0.500. The van der Waals surface area contributed by atoms with Crippen LogP contribution < -0.4 is 5.32 Å². The van der Waals surface area contributed by atoms with Crippen molar-refractivity contribution < 1.29 is 5.11 Å². The zero-order valence-electron chi connectivity index (χ0n) is 10.4. The molecule has 2 rings (SSSR count). The van der Waals surface area contributed by atoms with E-state index in [0.717, 1.165) is 17.0 Å². The Morgan fingerprint density at radius 1 is 1.41 bits per heavy atom. The molecule has 0 saturated heterocycles. The first-order valence-corrected chi connectivity index (χ1v) is 5.81. The summed E-state index contributed by atoms with van der Waals surface area (Å²) in [5, 5.41) is 16.9. The van der Waals surface area contributed by atoms with E-state index in [1.807, 2.05) is 26.0 Å². The third-order valence-electron chi connectivity index (χ3n) is 2.61. The molecule has 92 valence electrons. The van der Waals surface area contributed by atoms with Crippen molar-refractivity contribution >= 4 is 11.5 Å². The van der Waals surface area contributed by atoms with E-state index in [4.69, 9.17) is 0 Å². The molecule has 5 nitrogen and oxygen atoms in total. The van der Waals surface area contributed by atoms with E-state index < -0.39 is 0 Å². The molecule has 2 aromatic rings. The number of hydrogen-bond acceptors (Lipinski definition) is 4. The number of aliphatic hydroxyl groups excluding tert-OH is 1. The van der Waals surface area contributed by atoms with Crippen molar-refractivity contribution in [3.05, 3.63) is 24.0 Å². The average molecular weight is 234 g/mol. The standard InChI is InChI=1S/C12H18N4O/c1-8-4-11-13-7-14-16(11)12(5-8)15-9(2)6-10(3)17/h4-5,7,9-10,15,17H,6H2,1-3H3. The van der Waals surface area contributed by atoms with Gasteiger partial charge in [0.2, 0.25) is 0 Å². The summed E-state index contributed by atoms with van der Waals surface area (Å²) in [6, 6.07) is 4.20. The molecule has 0 aliphatic rings. The fourth-order valence-corrected chi connectivity index (χ4v) is 1.98. The zero-order chi connectivity index (χ0) is 12.4. The van der Waals surface area contributed by atoms with E-state index in [0.29, 0.717) is 6.42 Å². The SMILES string of the molecule is Cc1cc(NC(C)CC(C)O)n2ncnc2c1. The van der Waals surface area contributed by atoms with Gasteiger partial charge >= 0.3 is 0 Å². The molecule has 5 heteroatoms. The summed E-state index contributed by atoms with van der Waals surface area (Å²) in [6.07, 6.45) is 1.93. The van der Waals surface area contributed by atoms with Gasteiger partial charge in [-0.25, -0.2) is 4.98 Å². The summed E-state index contributed by atoms with van der Waals surface area (Å²) in [5.41, 5.74) is 1.97. The molecule has 0 aliphatic heterocycles. The predicted molar refractivity (Wildman–Crippen MR) is 67.1 cm³/mol. The summed E-state index contributed by atoms with van der Waals surface area (Å²) in [5.74, 6) is 0.908. The van der Waals surface area contributed by atoms with Crippen LogP contribution in [0.2, 0.25) is 0 Å². The lowest BCUT2D eigenvalue weighted by atomic mass is 10.1. The van der Waals surface area contributed by atoms with Gasteiger partial charge in [-0.15, -0.1) is 0 Å². The molecule has 0 bridgehead atoms. The molecule has 2 atom stereocenters. The van der Waals surface area contributed by atoms with Gasteiger partial charge in [-0.05, 0) is 44.9 Å². The van der Waals surface area contributed by atoms with Crippen molar-refractivity contribution in [2.45, 2.75) is 39.3 Å². The van der Waals surface area contributed by atoms with Gasteiger partial charge in [0, 0.05) is 6.04 Å². The topological polar surface area (TPSA) is 62.5 Å². The molecule has 2 N–H and O–H groups in total. The first kappa shape index (κ1) is 11.9. The summed E-state index contributed by atoms with van der Waals surface area (Å²) in [4.78, 5) is 4.17. The number of rotatable bonds is 4. The quantitative estimate of drug-likeness (QED) is 0.843. The summed E-state index contributed by atoms with van der Waals surface area (Å²) < 4.78 is 1.77. The number of nitrogens with one attached hydrogen (secondary N) is 1. The van der Waals surface area contributed by atoms with Crippen molar-refractivity contribution in [1.82, 2.24) is 14.6 Å². The molecule has 0 fully saturated rings. The molecular formula is C12H18N4O. The maximum atomic E-state index is 9.35. The molecule has 2 heterocycles. The number of pyridine rings is 1. The second kappa shape index (κ2) is 4.71. The lowest BCUT2D eigenvalue weighted by molar-refractivity contribution is 0.179. The van der Waals surface area contributed by atoms with E-state index in [1.54, 1.807) is 17.8 Å². The minimum Gasteiger partial charge on any atom is -0.393 e. The van der Waals surface area contributed by atoms with Crippen LogP contribution in [0.3, 0.4) is 0 Å². The third-order valence-corrected chi connectivity index (χ3v) is 2.61. The Kier molecular flexibility index (Phi) is 3.28. The number of aliphatic hydroxyl groups is 1. The molecule has 0 aliphatic carbocycles. The predicted octanol–water partition coefficient (Wildman–Crippen LogP) is 1.61. The lowest BCUT2D eigenvalue weighted by Crippen LogP contribution is -2.22. The second-order valence-electron chi connectivity index (χ2n) is 4.58. The molecule has 0 saturated carbocycles. The van der Waals surface area contributed by atoms with Crippen molar-refractivity contribution in [2.24, 2.45) is 0 Å². The van der Waals surface area contributed by atoms with Crippen LogP contribution in [0.5, 0.6) is 0 Å². The van der Waals surface area contributed by atoms with Gasteiger partial charge in [-0.1, -0.05) is 0 Å². The van der Waals surface area contributed by atoms with E-state index in [9.17, 15) is 5.11 Å². The number of nitrogens with zero attached hydrogens (tertiary/aromatic N) is 3. The molecule has 0 aromatic carbocycles. The molecule has 0 spiro atoms. The molecule has 0 radical (unpaired) electrons. The van der Waals surface area contributed by atoms with Crippen LogP contribution in [0.1, 0.15) is 25.8 Å². The average Bonchev–Trinajstić information content (AvgIpc) is 2.63. The van der Waals surface area contributed by atoms with Crippen LogP contribution in [-0.2, 0) is 0 Å². The van der Waals surface area contributed by atoms with Crippen molar-refractivity contribution in [1.29, 1.82) is 0 Å². The number of aryl methyl sites for hydroxylation is 1. The highest BCUT2D eigenvalue weighted by molar-refractivity contribution is 5.51. The Morgan fingerprint density at radius 2 is 2.18 bits per heavy atom. The van der Waals surface area contributed by atoms with Crippen molar-refractivity contribution in [3.63, 3.8) is 0 Å². The number of anilines is 1. The molecule has 2 unspecified atom stereocenters. The number of hydrogen-bond donors (Lipinski definition) is 2. The minimum atomic E-state index is -0.312. The van der Waals surface area contributed by atoms with Gasteiger partial charge < -0.3 is 10.4 Å². The molecular weight excluding hydrogens is 216 g/mol. The van der Waals surface area contributed by atoms with Gasteiger partial charge in [0.25, 0.3) is 0 Å². The smallest absolute Gasteiger partial charge is 0.157 e. The van der Waals surface area contributed by atoms with Crippen LogP contribution in [0.15, 0.2) is 18.5 Å². The molecule has 17 heavy (non-hydrogen) atoms. The minimum absolute atomic E-state index is 0.184. The summed E-state index contributed by atoms with van der Waals surface area (Å²) >= 11 is 0. The first-order valence-electron chi connectivity index (χ1n) is 5.81. The molecule has 0 amide bonds. The Bertz CT molecular complexity index is 506. The van der Waals surface area contributed by atoms with E-state index in [-0.39, 0.29) is 12.1 Å². The van der Waals surface area contributed by atoms with Crippen LogP contribution >= 0.6 is 0 Å². The van der Waals surface area contributed by atoms with Crippen LogP contribution in [0.25, 0.3) is 5.65 Å². The number of fused-ring (bicyclic) bond motifs is 1. The maximum Gasteiger partial charge on any atom is 0.157 e. The Morgan fingerprint density at radius 3 is 2.88 bits per heavy atom. The van der Waals surface area contributed by atoms with Gasteiger partial charge in [-0.2, -0.15) is 9.61 Å². The lowest BCUT2D eigenvalue weighted by Gasteiger charge is -2.17. The van der Waals surface area contributed by atoms with Crippen molar-refractivity contribution in [3.8, 4) is 0 Å². The Balaban J connectivity index is 2.25. The van der Waals surface area contributed by atoms with E-state index in [2.05, 4.69) is 15.4 Å². The van der Waals surface area contributed by atoms with Gasteiger partial charge in [-0.3, -0.25) is 0 Å². The van der Waals surface area contributed by atoms with Gasteiger partial charge in [0.1, 0.15) is 12.1 Å². The zero-order valence-corrected chi connectivity index (χ0v) is 10.4. The van der Waals surface area contributed by atoms with E-state index >= 15 is 0 Å². The summed E-state index contributed by atoms with van der Waals surface area (Å²) in [7, 11) is 0. The highest BCUT2D eigenvalue weighted by Crippen LogP contribution is 2.15. The van der Waals surface area contributed by atoms with Gasteiger partial charge in [0.05, 0.1) is 6.10 Å². The largest absolute Gasteiger partial charge is 0.393 e. The highest BCUT2D eigenvalue weighted by Gasteiger charge is 2.09. The van der Waals surface area contributed by atoms with Gasteiger partial charge in [0.15, 0.2) is 5.65 Å². The maximum absolute atomic E-state index is 9.35. The van der Waals surface area contributed by atoms with Crippen LogP contribution in [0.4, 0.5) is 5.82 Å². The highest BCUT2D eigenvalue weighted by atomic mass is 16.3. The normalized spacial score (nSPS) is 14.8. The van der Waals surface area contributed by atoms with E-state index in [1.165, 1.54) is 0 Å². The molecule has 2 aromatic heterocycles. The summed E-state index contributed by atoms with van der Waals surface area (Å²) in [6.45, 7) is 5.86. The fourth-order valence-electron chi connectivity index (χ4n) is 1.98. The first-order chi connectivity index (χ1) is 8.06. The monoisotopic (exact) mass is 234 g/mol. The Labute approximate surface area is 100 Å². The van der Waals surface area contributed by atoms with Crippen LogP contribution in [0, 0.1) is 6.92 Å². The van der Waals surface area contributed by atoms with Crippen molar-refractivity contribution in [2.75, 3.05) is 5.32 Å². The second-order valence-corrected chi connectivity index (χ2v) is 4.58.